The smallest absolute Gasteiger partial charge is 0.369 e. The number of benzene rings is 2. The van der Waals surface area contributed by atoms with Gasteiger partial charge in [-0.1, -0.05) is 30.3 Å². The van der Waals surface area contributed by atoms with E-state index in [1.165, 1.54) is 11.6 Å². The van der Waals surface area contributed by atoms with Gasteiger partial charge in [0.2, 0.25) is 0 Å². The average molecular weight is 359 g/mol. The Labute approximate surface area is 151 Å². The monoisotopic (exact) mass is 359 g/mol. The van der Waals surface area contributed by atoms with E-state index in [2.05, 4.69) is 17.0 Å². The number of halogens is 3. The molecule has 3 nitrogen and oxygen atoms in total. The van der Waals surface area contributed by atoms with Gasteiger partial charge in [-0.3, -0.25) is 4.90 Å². The van der Waals surface area contributed by atoms with Crippen LogP contribution in [0.25, 0.3) is 0 Å². The summed E-state index contributed by atoms with van der Waals surface area (Å²) < 4.78 is 39.4. The Hall–Kier alpha value is -2.52. The number of nitriles is 1. The van der Waals surface area contributed by atoms with Crippen LogP contribution in [0.5, 0.6) is 0 Å². The van der Waals surface area contributed by atoms with Crippen molar-refractivity contribution in [2.75, 3.05) is 37.6 Å². The van der Waals surface area contributed by atoms with Gasteiger partial charge in [0.05, 0.1) is 17.2 Å². The maximum Gasteiger partial charge on any atom is 0.417 e. The molecule has 136 valence electrons. The second-order valence-corrected chi connectivity index (χ2v) is 6.40. The van der Waals surface area contributed by atoms with E-state index in [0.29, 0.717) is 18.8 Å². The number of hydrogen-bond donors (Lipinski definition) is 0. The summed E-state index contributed by atoms with van der Waals surface area (Å²) in [6, 6.07) is 15.8. The van der Waals surface area contributed by atoms with Gasteiger partial charge in [-0.05, 0) is 30.2 Å². The average Bonchev–Trinajstić information content (AvgIpc) is 2.66. The van der Waals surface area contributed by atoms with Crippen molar-refractivity contribution >= 4 is 5.69 Å². The highest BCUT2D eigenvalue weighted by atomic mass is 19.4. The first kappa shape index (κ1) is 18.3. The van der Waals surface area contributed by atoms with E-state index in [9.17, 15) is 13.2 Å². The Morgan fingerprint density at radius 1 is 0.962 bits per heavy atom. The molecule has 1 saturated heterocycles. The number of hydrogen-bond acceptors (Lipinski definition) is 3. The zero-order chi connectivity index (χ0) is 18.6. The summed E-state index contributed by atoms with van der Waals surface area (Å²) in [7, 11) is 0. The van der Waals surface area contributed by atoms with Crippen molar-refractivity contribution in [3.63, 3.8) is 0 Å². The van der Waals surface area contributed by atoms with Crippen LogP contribution in [0.4, 0.5) is 18.9 Å². The van der Waals surface area contributed by atoms with Gasteiger partial charge in [0.25, 0.3) is 0 Å². The lowest BCUT2D eigenvalue weighted by Gasteiger charge is -2.36. The van der Waals surface area contributed by atoms with Crippen molar-refractivity contribution in [3.8, 4) is 6.07 Å². The van der Waals surface area contributed by atoms with Crippen molar-refractivity contribution in [1.29, 1.82) is 5.26 Å². The van der Waals surface area contributed by atoms with Crippen molar-refractivity contribution in [2.45, 2.75) is 12.6 Å². The van der Waals surface area contributed by atoms with Crippen LogP contribution in [0.1, 0.15) is 16.7 Å². The number of anilines is 1. The molecule has 1 heterocycles. The molecule has 3 rings (SSSR count). The van der Waals surface area contributed by atoms with E-state index >= 15 is 0 Å². The Kier molecular flexibility index (Phi) is 5.48. The molecule has 1 fully saturated rings. The van der Waals surface area contributed by atoms with Gasteiger partial charge < -0.3 is 4.90 Å². The summed E-state index contributed by atoms with van der Waals surface area (Å²) in [6.45, 7) is 3.93. The normalized spacial score (nSPS) is 15.7. The first-order valence-corrected chi connectivity index (χ1v) is 8.60. The Balaban J connectivity index is 1.60. The summed E-state index contributed by atoms with van der Waals surface area (Å²) in [6.07, 6.45) is -3.55. The summed E-state index contributed by atoms with van der Waals surface area (Å²) in [4.78, 5) is 4.28. The molecule has 0 radical (unpaired) electrons. The van der Waals surface area contributed by atoms with E-state index in [-0.39, 0.29) is 5.56 Å². The van der Waals surface area contributed by atoms with Crippen LogP contribution in [-0.4, -0.2) is 37.6 Å². The third-order valence-electron chi connectivity index (χ3n) is 4.73. The van der Waals surface area contributed by atoms with Gasteiger partial charge in [0.1, 0.15) is 0 Å². The number of nitrogens with zero attached hydrogens (tertiary/aromatic N) is 3. The first-order valence-electron chi connectivity index (χ1n) is 8.60. The molecule has 0 amide bonds. The Bertz CT molecular complexity index is 773. The molecule has 2 aromatic rings. The van der Waals surface area contributed by atoms with Gasteiger partial charge in [-0.25, -0.2) is 0 Å². The first-order chi connectivity index (χ1) is 12.5. The molecule has 2 aromatic carbocycles. The lowest BCUT2D eigenvalue weighted by Crippen LogP contribution is -2.47. The van der Waals surface area contributed by atoms with E-state index in [0.717, 1.165) is 32.1 Å². The molecule has 1 aliphatic heterocycles. The third-order valence-corrected chi connectivity index (χ3v) is 4.73. The molecule has 0 bridgehead atoms. The minimum Gasteiger partial charge on any atom is -0.369 e. The molecule has 0 aromatic heterocycles. The van der Waals surface area contributed by atoms with Gasteiger partial charge in [-0.2, -0.15) is 18.4 Å². The Morgan fingerprint density at radius 2 is 1.65 bits per heavy atom. The molecular weight excluding hydrogens is 339 g/mol. The lowest BCUT2D eigenvalue weighted by molar-refractivity contribution is -0.137. The molecule has 6 heteroatoms. The summed E-state index contributed by atoms with van der Waals surface area (Å²) in [5.74, 6) is 0. The predicted molar refractivity (Wildman–Crippen MR) is 95.0 cm³/mol. The second kappa shape index (κ2) is 7.79. The molecule has 26 heavy (non-hydrogen) atoms. The topological polar surface area (TPSA) is 30.3 Å². The molecule has 0 spiro atoms. The quantitative estimate of drug-likeness (QED) is 0.828. The minimum absolute atomic E-state index is 0.331. The van der Waals surface area contributed by atoms with Crippen molar-refractivity contribution < 1.29 is 13.2 Å². The van der Waals surface area contributed by atoms with Crippen molar-refractivity contribution in [1.82, 2.24) is 4.90 Å². The molecule has 0 saturated carbocycles. The van der Waals surface area contributed by atoms with Crippen LogP contribution < -0.4 is 4.90 Å². The minimum atomic E-state index is -4.52. The van der Waals surface area contributed by atoms with Crippen molar-refractivity contribution in [3.05, 3.63) is 65.2 Å². The zero-order valence-corrected chi connectivity index (χ0v) is 14.3. The fourth-order valence-electron chi connectivity index (χ4n) is 3.22. The highest BCUT2D eigenvalue weighted by molar-refractivity contribution is 5.55. The maximum absolute atomic E-state index is 13.1. The molecule has 0 aliphatic carbocycles. The van der Waals surface area contributed by atoms with Crippen LogP contribution in [-0.2, 0) is 12.6 Å². The van der Waals surface area contributed by atoms with E-state index in [1.807, 2.05) is 23.1 Å². The summed E-state index contributed by atoms with van der Waals surface area (Å²) >= 11 is 0. The fourth-order valence-corrected chi connectivity index (χ4v) is 3.22. The van der Waals surface area contributed by atoms with E-state index < -0.39 is 11.7 Å². The van der Waals surface area contributed by atoms with Gasteiger partial charge in [0.15, 0.2) is 0 Å². The molecule has 0 N–H and O–H groups in total. The molecule has 0 unspecified atom stereocenters. The largest absolute Gasteiger partial charge is 0.417 e. The zero-order valence-electron chi connectivity index (χ0n) is 14.3. The predicted octanol–water partition coefficient (Wildman–Crippen LogP) is 3.94. The van der Waals surface area contributed by atoms with Crippen LogP contribution in [0.15, 0.2) is 48.5 Å². The maximum atomic E-state index is 13.1. The van der Waals surface area contributed by atoms with Crippen molar-refractivity contribution in [2.24, 2.45) is 0 Å². The third kappa shape index (κ3) is 4.36. The summed E-state index contributed by atoms with van der Waals surface area (Å²) in [5, 5.41) is 8.90. The van der Waals surface area contributed by atoms with E-state index in [4.69, 9.17) is 5.26 Å². The van der Waals surface area contributed by atoms with Gasteiger partial charge in [-0.15, -0.1) is 0 Å². The summed E-state index contributed by atoms with van der Waals surface area (Å²) in [5.41, 5.74) is 0.627. The van der Waals surface area contributed by atoms with Crippen LogP contribution in [0, 0.1) is 11.3 Å². The second-order valence-electron chi connectivity index (χ2n) is 6.40. The molecular formula is C20H20F3N3. The van der Waals surface area contributed by atoms with E-state index in [1.54, 1.807) is 12.1 Å². The van der Waals surface area contributed by atoms with Crippen LogP contribution in [0.3, 0.4) is 0 Å². The van der Waals surface area contributed by atoms with Gasteiger partial charge >= 0.3 is 6.18 Å². The highest BCUT2D eigenvalue weighted by Crippen LogP contribution is 2.34. The van der Waals surface area contributed by atoms with Crippen LogP contribution in [0.2, 0.25) is 0 Å². The number of piperazine rings is 1. The number of alkyl halides is 3. The standard InChI is InChI=1S/C20H20F3N3/c21-20(22,23)19-14-18(7-6-17(19)15-24)26-12-10-25(11-13-26)9-8-16-4-2-1-3-5-16/h1-7,14H,8-13H2. The SMILES string of the molecule is N#Cc1ccc(N2CCN(CCc3ccccc3)CC2)cc1C(F)(F)F. The van der Waals surface area contributed by atoms with Gasteiger partial charge in [0, 0.05) is 38.4 Å². The lowest BCUT2D eigenvalue weighted by atomic mass is 10.1. The molecule has 1 aliphatic rings. The number of rotatable bonds is 4. The van der Waals surface area contributed by atoms with Crippen LogP contribution >= 0.6 is 0 Å². The molecule has 0 atom stereocenters. The highest BCUT2D eigenvalue weighted by Gasteiger charge is 2.34. The fraction of sp³-hybridized carbons (Fsp3) is 0.350. The Morgan fingerprint density at radius 3 is 2.27 bits per heavy atom.